The number of anilines is 1. The molecule has 0 aliphatic rings. The van der Waals surface area contributed by atoms with E-state index in [1.54, 1.807) is 6.20 Å². The largest absolute Gasteiger partial charge is 0.485 e. The Kier molecular flexibility index (Phi) is 6.39. The number of amides is 1. The lowest BCUT2D eigenvalue weighted by molar-refractivity contribution is -0.113. The van der Waals surface area contributed by atoms with E-state index in [4.69, 9.17) is 4.74 Å². The number of aryl methyl sites for hydroxylation is 2. The van der Waals surface area contributed by atoms with E-state index in [1.165, 1.54) is 39.1 Å². The smallest absolute Gasteiger partial charge is 0.258 e. The third-order valence-corrected chi connectivity index (χ3v) is 6.30. The maximum absolute atomic E-state index is 12.5. The van der Waals surface area contributed by atoms with Gasteiger partial charge in [-0.05, 0) is 43.7 Å². The van der Waals surface area contributed by atoms with Crippen LogP contribution in [0.5, 0.6) is 5.75 Å². The van der Waals surface area contributed by atoms with Crippen LogP contribution in [0.4, 0.5) is 5.69 Å². The molecule has 0 saturated carbocycles. The lowest BCUT2D eigenvalue weighted by Crippen LogP contribution is -2.16. The minimum absolute atomic E-state index is 0.115. The van der Waals surface area contributed by atoms with Crippen molar-refractivity contribution in [2.45, 2.75) is 25.3 Å². The van der Waals surface area contributed by atoms with E-state index < -0.39 is 0 Å². The number of ether oxygens (including phenoxy) is 1. The van der Waals surface area contributed by atoms with E-state index in [1.807, 2.05) is 61.7 Å². The summed E-state index contributed by atoms with van der Waals surface area (Å²) in [6.07, 6.45) is 1.70. The summed E-state index contributed by atoms with van der Waals surface area (Å²) in [7, 11) is 0. The molecule has 158 valence electrons. The minimum atomic E-state index is -0.143. The van der Waals surface area contributed by atoms with Gasteiger partial charge < -0.3 is 10.1 Å². The summed E-state index contributed by atoms with van der Waals surface area (Å²) in [5, 5.41) is 4.74. The second kappa shape index (κ2) is 9.36. The van der Waals surface area contributed by atoms with Crippen molar-refractivity contribution in [3.05, 3.63) is 87.3 Å². The zero-order chi connectivity index (χ0) is 21.8. The Morgan fingerprint density at radius 2 is 1.90 bits per heavy atom. The van der Waals surface area contributed by atoms with Gasteiger partial charge in [0, 0.05) is 22.5 Å². The normalized spacial score (nSPS) is 10.9. The van der Waals surface area contributed by atoms with Crippen LogP contribution in [0.3, 0.4) is 0 Å². The molecule has 2 aromatic carbocycles. The average molecular weight is 452 g/mol. The lowest BCUT2D eigenvalue weighted by Gasteiger charge is -2.13. The number of hydrogen-bond acceptors (Lipinski definition) is 6. The van der Waals surface area contributed by atoms with Crippen LogP contribution >= 0.6 is 23.1 Å². The van der Waals surface area contributed by atoms with Gasteiger partial charge in [0.1, 0.15) is 12.4 Å². The monoisotopic (exact) mass is 451 g/mol. The van der Waals surface area contributed by atoms with Gasteiger partial charge in [-0.15, -0.1) is 23.1 Å². The van der Waals surface area contributed by atoms with Gasteiger partial charge in [-0.2, -0.15) is 0 Å². The second-order valence-electron chi connectivity index (χ2n) is 7.08. The first-order valence-corrected chi connectivity index (χ1v) is 11.5. The molecule has 2 heterocycles. The number of nitrogens with one attached hydrogen (secondary N) is 1. The maximum atomic E-state index is 12.5. The number of thioether (sulfide) groups is 1. The molecule has 4 aromatic rings. The molecule has 0 aliphatic carbocycles. The number of rotatable bonds is 7. The molecule has 0 unspecified atom stereocenters. The van der Waals surface area contributed by atoms with Gasteiger partial charge in [-0.3, -0.25) is 14.0 Å². The second-order valence-corrected chi connectivity index (χ2v) is 9.00. The highest BCUT2D eigenvalue weighted by molar-refractivity contribution is 8.00. The molecule has 8 heteroatoms. The van der Waals surface area contributed by atoms with Gasteiger partial charge in [0.05, 0.1) is 17.1 Å². The van der Waals surface area contributed by atoms with Crippen molar-refractivity contribution < 1.29 is 9.53 Å². The molecule has 4 rings (SSSR count). The zero-order valence-corrected chi connectivity index (χ0v) is 18.8. The number of carbonyl (C=O) groups is 1. The molecule has 0 atom stereocenters. The summed E-state index contributed by atoms with van der Waals surface area (Å²) in [6.45, 7) is 4.12. The first kappa shape index (κ1) is 21.1. The standard InChI is InChI=1S/C23H21N3O3S2/c1-15-3-6-18(7-4-15)31-14-21(27)25-19-8-5-16(2)11-20(19)29-13-17-12-22(28)26-9-10-30-23(26)24-17/h3-12H,13-14H2,1-2H3,(H,25,27). The number of aromatic nitrogens is 2. The van der Waals surface area contributed by atoms with Crippen molar-refractivity contribution in [1.29, 1.82) is 0 Å². The highest BCUT2D eigenvalue weighted by Gasteiger charge is 2.11. The van der Waals surface area contributed by atoms with Crippen LogP contribution in [0.2, 0.25) is 0 Å². The summed E-state index contributed by atoms with van der Waals surface area (Å²) in [4.78, 5) is 30.8. The fourth-order valence-electron chi connectivity index (χ4n) is 2.94. The van der Waals surface area contributed by atoms with Crippen LogP contribution < -0.4 is 15.6 Å². The van der Waals surface area contributed by atoms with Gasteiger partial charge in [0.25, 0.3) is 5.56 Å². The van der Waals surface area contributed by atoms with Crippen LogP contribution in [-0.2, 0) is 11.4 Å². The summed E-state index contributed by atoms with van der Waals surface area (Å²) >= 11 is 2.87. The minimum Gasteiger partial charge on any atom is -0.485 e. The molecule has 0 fully saturated rings. The molecule has 6 nitrogen and oxygen atoms in total. The van der Waals surface area contributed by atoms with Crippen LogP contribution in [0.1, 0.15) is 16.8 Å². The summed E-state index contributed by atoms with van der Waals surface area (Å²) in [5.41, 5.74) is 3.18. The van der Waals surface area contributed by atoms with E-state index in [2.05, 4.69) is 10.3 Å². The third kappa shape index (κ3) is 5.34. The number of hydrogen-bond donors (Lipinski definition) is 1. The van der Waals surface area contributed by atoms with E-state index >= 15 is 0 Å². The fourth-order valence-corrected chi connectivity index (χ4v) is 4.37. The Morgan fingerprint density at radius 1 is 1.13 bits per heavy atom. The van der Waals surface area contributed by atoms with Crippen LogP contribution in [0.15, 0.2) is 69.8 Å². The Bertz CT molecular complexity index is 1280. The van der Waals surface area contributed by atoms with Gasteiger partial charge in [-0.1, -0.05) is 23.8 Å². The Hall–Kier alpha value is -3.10. The van der Waals surface area contributed by atoms with Gasteiger partial charge >= 0.3 is 0 Å². The summed E-state index contributed by atoms with van der Waals surface area (Å²) in [5.74, 6) is 0.724. The number of thiazole rings is 1. The fraction of sp³-hybridized carbons (Fsp3) is 0.174. The van der Waals surface area contributed by atoms with Crippen molar-refractivity contribution in [3.8, 4) is 5.75 Å². The first-order valence-electron chi connectivity index (χ1n) is 9.66. The van der Waals surface area contributed by atoms with E-state index in [-0.39, 0.29) is 18.1 Å². The molecular weight excluding hydrogens is 430 g/mol. The zero-order valence-electron chi connectivity index (χ0n) is 17.1. The summed E-state index contributed by atoms with van der Waals surface area (Å²) < 4.78 is 7.43. The van der Waals surface area contributed by atoms with Gasteiger partial charge in [0.15, 0.2) is 4.96 Å². The summed E-state index contributed by atoms with van der Waals surface area (Å²) in [6, 6.07) is 15.1. The van der Waals surface area contributed by atoms with Crippen molar-refractivity contribution >= 4 is 39.7 Å². The molecule has 0 bridgehead atoms. The molecule has 0 radical (unpaired) electrons. The highest BCUT2D eigenvalue weighted by atomic mass is 32.2. The van der Waals surface area contributed by atoms with E-state index in [0.717, 1.165) is 10.5 Å². The van der Waals surface area contributed by atoms with Crippen molar-refractivity contribution in [2.75, 3.05) is 11.1 Å². The van der Waals surface area contributed by atoms with E-state index in [9.17, 15) is 9.59 Å². The predicted molar refractivity (Wildman–Crippen MR) is 125 cm³/mol. The number of benzene rings is 2. The molecule has 2 aromatic heterocycles. The first-order chi connectivity index (χ1) is 15.0. The molecule has 1 N–H and O–H groups in total. The number of nitrogens with zero attached hydrogens (tertiary/aromatic N) is 2. The Morgan fingerprint density at radius 3 is 2.71 bits per heavy atom. The molecule has 0 aliphatic heterocycles. The molecule has 0 spiro atoms. The molecule has 31 heavy (non-hydrogen) atoms. The molecular formula is C23H21N3O3S2. The van der Waals surface area contributed by atoms with Crippen LogP contribution in [-0.4, -0.2) is 21.0 Å². The topological polar surface area (TPSA) is 72.7 Å². The number of carbonyl (C=O) groups excluding carboxylic acids is 1. The predicted octanol–water partition coefficient (Wildman–Crippen LogP) is 4.68. The van der Waals surface area contributed by atoms with Crippen molar-refractivity contribution in [3.63, 3.8) is 0 Å². The van der Waals surface area contributed by atoms with Crippen molar-refractivity contribution in [2.24, 2.45) is 0 Å². The molecule has 1 amide bonds. The Balaban J connectivity index is 1.43. The van der Waals surface area contributed by atoms with Gasteiger partial charge in [0.2, 0.25) is 5.91 Å². The number of fused-ring (bicyclic) bond motifs is 1. The Labute approximate surface area is 187 Å². The van der Waals surface area contributed by atoms with Crippen LogP contribution in [0.25, 0.3) is 4.96 Å². The third-order valence-electron chi connectivity index (χ3n) is 4.53. The van der Waals surface area contributed by atoms with Gasteiger partial charge in [-0.25, -0.2) is 4.98 Å². The lowest BCUT2D eigenvalue weighted by atomic mass is 10.2. The van der Waals surface area contributed by atoms with Crippen molar-refractivity contribution in [1.82, 2.24) is 9.38 Å². The molecule has 0 saturated heterocycles. The average Bonchev–Trinajstić information content (AvgIpc) is 3.23. The quantitative estimate of drug-likeness (QED) is 0.413. The maximum Gasteiger partial charge on any atom is 0.258 e. The SMILES string of the molecule is Cc1ccc(SCC(=O)Nc2ccc(C)cc2OCc2cc(=O)n3ccsc3n2)cc1. The highest BCUT2D eigenvalue weighted by Crippen LogP contribution is 2.27. The van der Waals surface area contributed by atoms with Crippen LogP contribution in [0, 0.1) is 13.8 Å². The van der Waals surface area contributed by atoms with E-state index in [0.29, 0.717) is 27.8 Å².